The van der Waals surface area contributed by atoms with Crippen molar-refractivity contribution < 1.29 is 8.85 Å². The van der Waals surface area contributed by atoms with E-state index in [1.165, 1.54) is 5.56 Å². The highest BCUT2D eigenvalue weighted by Gasteiger charge is 2.40. The molecule has 25 heavy (non-hydrogen) atoms. The lowest BCUT2D eigenvalue weighted by atomic mass is 9.96. The second kappa shape index (κ2) is 7.87. The van der Waals surface area contributed by atoms with Crippen LogP contribution in [0.3, 0.4) is 0 Å². The molecular formula is C20H35BrO2Si2. The average molecular weight is 444 g/mol. The number of halogens is 1. The standard InChI is InChI=1S/C20H35BrO2Si2/c1-18(2,3)24-23-20(7,8)16-13-15(14-21)11-12-17(16)22-25(9,10)19(4,5)6/h11-13H,14H2,1-10H3. The van der Waals surface area contributed by atoms with Gasteiger partial charge in [0.15, 0.2) is 0 Å². The van der Waals surface area contributed by atoms with Gasteiger partial charge in [-0.2, -0.15) is 0 Å². The quantitative estimate of drug-likeness (QED) is 0.346. The van der Waals surface area contributed by atoms with Gasteiger partial charge in [0.25, 0.3) is 0 Å². The summed E-state index contributed by atoms with van der Waals surface area (Å²) in [6.45, 7) is 22.3. The van der Waals surface area contributed by atoms with Crippen molar-refractivity contribution in [2.24, 2.45) is 0 Å². The Balaban J connectivity index is 3.28. The molecule has 1 aromatic carbocycles. The summed E-state index contributed by atoms with van der Waals surface area (Å²) in [4.78, 5) is 0. The molecule has 0 saturated heterocycles. The van der Waals surface area contributed by atoms with Crippen molar-refractivity contribution in [3.8, 4) is 5.75 Å². The van der Waals surface area contributed by atoms with Crippen molar-refractivity contribution in [2.75, 3.05) is 0 Å². The van der Waals surface area contributed by atoms with Gasteiger partial charge in [-0.25, -0.2) is 0 Å². The van der Waals surface area contributed by atoms with Crippen LogP contribution in [0.1, 0.15) is 66.5 Å². The van der Waals surface area contributed by atoms with Gasteiger partial charge in [-0.15, -0.1) is 0 Å². The topological polar surface area (TPSA) is 18.5 Å². The molecule has 0 aliphatic rings. The Hall–Kier alpha value is -0.106. The lowest BCUT2D eigenvalue weighted by Gasteiger charge is -2.39. The van der Waals surface area contributed by atoms with E-state index in [0.717, 1.165) is 16.6 Å². The highest BCUT2D eigenvalue weighted by molar-refractivity contribution is 9.08. The minimum Gasteiger partial charge on any atom is -0.543 e. The minimum atomic E-state index is -1.91. The van der Waals surface area contributed by atoms with Crippen molar-refractivity contribution in [1.82, 2.24) is 0 Å². The molecule has 2 nitrogen and oxygen atoms in total. The van der Waals surface area contributed by atoms with E-state index in [2.05, 4.69) is 103 Å². The van der Waals surface area contributed by atoms with Crippen LogP contribution in [0.5, 0.6) is 5.75 Å². The summed E-state index contributed by atoms with van der Waals surface area (Å²) in [7, 11) is -1.47. The summed E-state index contributed by atoms with van der Waals surface area (Å²) < 4.78 is 13.0. The number of benzene rings is 1. The summed E-state index contributed by atoms with van der Waals surface area (Å²) in [5.41, 5.74) is 2.00. The van der Waals surface area contributed by atoms with Crippen molar-refractivity contribution in [3.63, 3.8) is 0 Å². The molecule has 0 saturated carbocycles. The molecule has 0 fully saturated rings. The van der Waals surface area contributed by atoms with Crippen molar-refractivity contribution in [2.45, 2.75) is 89.5 Å². The summed E-state index contributed by atoms with van der Waals surface area (Å²) >= 11 is 3.58. The van der Waals surface area contributed by atoms with E-state index in [0.29, 0.717) is 9.76 Å². The van der Waals surface area contributed by atoms with Crippen LogP contribution in [0.25, 0.3) is 0 Å². The zero-order valence-corrected chi connectivity index (χ0v) is 21.2. The van der Waals surface area contributed by atoms with Gasteiger partial charge < -0.3 is 8.85 Å². The van der Waals surface area contributed by atoms with E-state index < -0.39 is 8.32 Å². The van der Waals surface area contributed by atoms with Crippen LogP contribution in [0.15, 0.2) is 18.2 Å². The maximum Gasteiger partial charge on any atom is 0.250 e. The van der Waals surface area contributed by atoms with E-state index in [4.69, 9.17) is 8.85 Å². The highest BCUT2D eigenvalue weighted by Crippen LogP contribution is 2.41. The van der Waals surface area contributed by atoms with Gasteiger partial charge in [-0.1, -0.05) is 63.5 Å². The maximum atomic E-state index is 6.66. The molecule has 5 heteroatoms. The lowest BCUT2D eigenvalue weighted by Crippen LogP contribution is -2.44. The van der Waals surface area contributed by atoms with E-state index in [9.17, 15) is 0 Å². The van der Waals surface area contributed by atoms with Gasteiger partial charge in [-0.05, 0) is 54.7 Å². The van der Waals surface area contributed by atoms with Gasteiger partial charge in [-0.3, -0.25) is 0 Å². The molecule has 0 heterocycles. The Morgan fingerprint density at radius 3 is 2.00 bits per heavy atom. The molecule has 0 atom stereocenters. The summed E-state index contributed by atoms with van der Waals surface area (Å²) in [6.07, 6.45) is 0. The molecule has 142 valence electrons. The number of hydrogen-bond donors (Lipinski definition) is 0. The second-order valence-corrected chi connectivity index (χ2v) is 17.0. The van der Waals surface area contributed by atoms with Crippen LogP contribution in [0.2, 0.25) is 23.2 Å². The first-order valence-corrected chi connectivity index (χ1v) is 13.9. The predicted octanol–water partition coefficient (Wildman–Crippen LogP) is 7.05. The fraction of sp³-hybridized carbons (Fsp3) is 0.700. The van der Waals surface area contributed by atoms with E-state index in [-0.39, 0.29) is 15.7 Å². The molecule has 0 aliphatic carbocycles. The molecule has 0 unspecified atom stereocenters. The zero-order chi connectivity index (χ0) is 19.7. The molecule has 0 spiro atoms. The molecule has 0 aliphatic heterocycles. The van der Waals surface area contributed by atoms with Gasteiger partial charge >= 0.3 is 0 Å². The number of alkyl halides is 1. The zero-order valence-electron chi connectivity index (χ0n) is 17.6. The van der Waals surface area contributed by atoms with Crippen molar-refractivity contribution in [3.05, 3.63) is 29.3 Å². The van der Waals surface area contributed by atoms with E-state index >= 15 is 0 Å². The van der Waals surface area contributed by atoms with Gasteiger partial charge in [0, 0.05) is 10.9 Å². The molecule has 0 N–H and O–H groups in total. The molecule has 0 bridgehead atoms. The first-order chi connectivity index (χ1) is 11.1. The Morgan fingerprint density at radius 2 is 1.56 bits per heavy atom. The van der Waals surface area contributed by atoms with Crippen LogP contribution in [0.4, 0.5) is 0 Å². The van der Waals surface area contributed by atoms with Crippen LogP contribution < -0.4 is 4.43 Å². The fourth-order valence-corrected chi connectivity index (χ4v) is 4.04. The van der Waals surface area contributed by atoms with Crippen LogP contribution in [-0.4, -0.2) is 18.1 Å². The number of rotatable bonds is 6. The first kappa shape index (κ1) is 22.9. The van der Waals surface area contributed by atoms with E-state index in [1.54, 1.807) is 0 Å². The SMILES string of the molecule is CC(C)(C)[Si]OC(C)(C)c1cc(CBr)ccc1O[Si](C)(C)C(C)(C)C. The average Bonchev–Trinajstić information content (AvgIpc) is 2.43. The van der Waals surface area contributed by atoms with Crippen molar-refractivity contribution >= 4 is 34.0 Å². The van der Waals surface area contributed by atoms with Crippen LogP contribution >= 0.6 is 15.9 Å². The Bertz CT molecular complexity index is 584. The normalized spacial score (nSPS) is 13.9. The number of hydrogen-bond acceptors (Lipinski definition) is 2. The first-order valence-electron chi connectivity index (χ1n) is 8.93. The summed E-state index contributed by atoms with van der Waals surface area (Å²) in [5.74, 6) is 0.972. The summed E-state index contributed by atoms with van der Waals surface area (Å²) in [6, 6.07) is 6.49. The van der Waals surface area contributed by atoms with Crippen molar-refractivity contribution in [1.29, 1.82) is 0 Å². The van der Waals surface area contributed by atoms with Gasteiger partial charge in [0.1, 0.15) is 5.75 Å². The summed E-state index contributed by atoms with van der Waals surface area (Å²) in [5, 5.41) is 1.15. The Morgan fingerprint density at radius 1 is 1.00 bits per heavy atom. The Labute approximate surface area is 167 Å². The highest BCUT2D eigenvalue weighted by atomic mass is 79.9. The largest absolute Gasteiger partial charge is 0.543 e. The smallest absolute Gasteiger partial charge is 0.250 e. The third kappa shape index (κ3) is 6.53. The molecule has 0 aromatic heterocycles. The van der Waals surface area contributed by atoms with Gasteiger partial charge in [0.05, 0.1) is 5.60 Å². The molecule has 1 rings (SSSR count). The third-order valence-electron chi connectivity index (χ3n) is 4.63. The van der Waals surface area contributed by atoms with Crippen LogP contribution in [-0.2, 0) is 15.4 Å². The monoisotopic (exact) mass is 442 g/mol. The van der Waals surface area contributed by atoms with E-state index in [1.807, 2.05) is 0 Å². The Kier molecular flexibility index (Phi) is 7.22. The maximum absolute atomic E-state index is 6.66. The second-order valence-electron chi connectivity index (χ2n) is 9.79. The van der Waals surface area contributed by atoms with Crippen LogP contribution in [0, 0.1) is 0 Å². The lowest BCUT2D eigenvalue weighted by molar-refractivity contribution is 0.107. The minimum absolute atomic E-state index is 0.157. The molecular weight excluding hydrogens is 408 g/mol. The fourth-order valence-electron chi connectivity index (χ4n) is 1.98. The molecule has 2 radical (unpaired) electrons. The molecule has 0 amide bonds. The van der Waals surface area contributed by atoms with Gasteiger partial charge in [0.2, 0.25) is 18.1 Å². The predicted molar refractivity (Wildman–Crippen MR) is 116 cm³/mol. The molecule has 1 aromatic rings. The third-order valence-corrected chi connectivity index (χ3v) is 10.8.